The first-order valence-electron chi connectivity index (χ1n) is 6.85. The molecule has 1 aliphatic rings. The predicted octanol–water partition coefficient (Wildman–Crippen LogP) is 3.91. The van der Waals surface area contributed by atoms with Gasteiger partial charge in [0.05, 0.1) is 23.7 Å². The van der Waals surface area contributed by atoms with E-state index in [0.717, 1.165) is 18.4 Å². The van der Waals surface area contributed by atoms with E-state index in [4.69, 9.17) is 27.9 Å². The van der Waals surface area contributed by atoms with E-state index in [1.807, 2.05) is 12.1 Å². The molecular formula is C15H19Cl2NO2. The highest BCUT2D eigenvalue weighted by atomic mass is 35.5. The molecule has 110 valence electrons. The molecule has 1 fully saturated rings. The lowest BCUT2D eigenvalue weighted by Gasteiger charge is -2.28. The lowest BCUT2D eigenvalue weighted by atomic mass is 10.1. The monoisotopic (exact) mass is 315 g/mol. The summed E-state index contributed by atoms with van der Waals surface area (Å²) < 4.78 is 4.79. The third-order valence-corrected chi connectivity index (χ3v) is 4.66. The van der Waals surface area contributed by atoms with Crippen molar-refractivity contribution in [3.05, 3.63) is 33.8 Å². The molecule has 0 N–H and O–H groups in total. The normalized spacial score (nSPS) is 15.8. The van der Waals surface area contributed by atoms with Crippen LogP contribution in [0.2, 0.25) is 10.0 Å². The minimum absolute atomic E-state index is 0.213. The van der Waals surface area contributed by atoms with Gasteiger partial charge in [0, 0.05) is 12.6 Å². The van der Waals surface area contributed by atoms with Crippen molar-refractivity contribution in [3.63, 3.8) is 0 Å². The van der Waals surface area contributed by atoms with Gasteiger partial charge in [-0.1, -0.05) is 48.2 Å². The zero-order valence-corrected chi connectivity index (χ0v) is 13.1. The third-order valence-electron chi connectivity index (χ3n) is 3.81. The van der Waals surface area contributed by atoms with E-state index in [1.165, 1.54) is 20.0 Å². The van der Waals surface area contributed by atoms with Gasteiger partial charge in [-0.05, 0) is 24.5 Å². The molecule has 0 aromatic heterocycles. The Morgan fingerprint density at radius 1 is 1.35 bits per heavy atom. The fourth-order valence-corrected chi connectivity index (χ4v) is 3.08. The summed E-state index contributed by atoms with van der Waals surface area (Å²) in [5, 5.41) is 1.12. The number of hydrogen-bond donors (Lipinski definition) is 0. The van der Waals surface area contributed by atoms with Crippen LogP contribution in [0.5, 0.6) is 0 Å². The summed E-state index contributed by atoms with van der Waals surface area (Å²) in [5.74, 6) is -0.213. The smallest absolute Gasteiger partial charge is 0.319 e. The molecule has 0 aliphatic heterocycles. The van der Waals surface area contributed by atoms with Gasteiger partial charge in [0.1, 0.15) is 0 Å². The number of halogens is 2. The number of carbonyl (C=O) groups excluding carboxylic acids is 1. The minimum Gasteiger partial charge on any atom is -0.468 e. The SMILES string of the molecule is COC(=O)CN(Cc1cccc(Cl)c1Cl)C1CCCC1. The van der Waals surface area contributed by atoms with Crippen LogP contribution in [0, 0.1) is 0 Å². The van der Waals surface area contributed by atoms with Crippen molar-refractivity contribution in [2.24, 2.45) is 0 Å². The van der Waals surface area contributed by atoms with Crippen LogP contribution in [-0.4, -0.2) is 30.6 Å². The van der Waals surface area contributed by atoms with Crippen molar-refractivity contribution < 1.29 is 9.53 Å². The molecule has 0 atom stereocenters. The predicted molar refractivity (Wildman–Crippen MR) is 81.1 cm³/mol. The summed E-state index contributed by atoms with van der Waals surface area (Å²) in [4.78, 5) is 13.7. The van der Waals surface area contributed by atoms with Crippen LogP contribution < -0.4 is 0 Å². The first-order valence-corrected chi connectivity index (χ1v) is 7.61. The van der Waals surface area contributed by atoms with Gasteiger partial charge >= 0.3 is 5.97 Å². The zero-order chi connectivity index (χ0) is 14.5. The fraction of sp³-hybridized carbons (Fsp3) is 0.533. The molecule has 0 saturated heterocycles. The van der Waals surface area contributed by atoms with Crippen molar-refractivity contribution in [2.45, 2.75) is 38.3 Å². The van der Waals surface area contributed by atoms with Crippen molar-refractivity contribution in [2.75, 3.05) is 13.7 Å². The summed E-state index contributed by atoms with van der Waals surface area (Å²) in [6.07, 6.45) is 4.67. The van der Waals surface area contributed by atoms with E-state index in [1.54, 1.807) is 6.07 Å². The Hall–Kier alpha value is -0.770. The zero-order valence-electron chi connectivity index (χ0n) is 11.6. The Bertz CT molecular complexity index is 473. The second kappa shape index (κ2) is 7.30. The molecule has 2 rings (SSSR count). The first-order chi connectivity index (χ1) is 9.61. The molecule has 0 spiro atoms. The van der Waals surface area contributed by atoms with Gasteiger partial charge in [0.15, 0.2) is 0 Å². The summed E-state index contributed by atoms with van der Waals surface area (Å²) in [5.41, 5.74) is 0.954. The number of benzene rings is 1. The lowest BCUT2D eigenvalue weighted by Crippen LogP contribution is -2.37. The molecule has 0 amide bonds. The molecule has 1 aromatic carbocycles. The summed E-state index contributed by atoms with van der Waals surface area (Å²) in [6, 6.07) is 6.03. The second-order valence-corrected chi connectivity index (χ2v) is 5.92. The highest BCUT2D eigenvalue weighted by Crippen LogP contribution is 2.29. The van der Waals surface area contributed by atoms with E-state index >= 15 is 0 Å². The van der Waals surface area contributed by atoms with Gasteiger partial charge in [-0.15, -0.1) is 0 Å². The van der Waals surface area contributed by atoms with Gasteiger partial charge in [0.25, 0.3) is 0 Å². The van der Waals surface area contributed by atoms with E-state index < -0.39 is 0 Å². The molecule has 1 aromatic rings. The summed E-state index contributed by atoms with van der Waals surface area (Å²) in [7, 11) is 1.42. The van der Waals surface area contributed by atoms with Crippen molar-refractivity contribution in [3.8, 4) is 0 Å². The maximum atomic E-state index is 11.6. The second-order valence-electron chi connectivity index (χ2n) is 5.13. The molecule has 0 radical (unpaired) electrons. The van der Waals surface area contributed by atoms with E-state index in [2.05, 4.69) is 4.90 Å². The van der Waals surface area contributed by atoms with Gasteiger partial charge < -0.3 is 4.74 Å². The standard InChI is InChI=1S/C15H19Cl2NO2/c1-20-14(19)10-18(12-6-2-3-7-12)9-11-5-4-8-13(16)15(11)17/h4-5,8,12H,2-3,6-7,9-10H2,1H3. The molecule has 3 nitrogen and oxygen atoms in total. The molecule has 0 bridgehead atoms. The maximum Gasteiger partial charge on any atom is 0.319 e. The Balaban J connectivity index is 2.13. The number of carbonyl (C=O) groups is 1. The highest BCUT2D eigenvalue weighted by molar-refractivity contribution is 6.42. The molecular weight excluding hydrogens is 297 g/mol. The number of esters is 1. The van der Waals surface area contributed by atoms with Crippen LogP contribution in [0.1, 0.15) is 31.2 Å². The first kappa shape index (κ1) is 15.6. The Kier molecular flexibility index (Phi) is 5.70. The van der Waals surface area contributed by atoms with E-state index in [9.17, 15) is 4.79 Å². The van der Waals surface area contributed by atoms with E-state index in [-0.39, 0.29) is 5.97 Å². The van der Waals surface area contributed by atoms with Crippen molar-refractivity contribution in [1.82, 2.24) is 4.90 Å². The third kappa shape index (κ3) is 3.87. The highest BCUT2D eigenvalue weighted by Gasteiger charge is 2.25. The molecule has 1 aliphatic carbocycles. The average molecular weight is 316 g/mol. The number of methoxy groups -OCH3 is 1. The summed E-state index contributed by atoms with van der Waals surface area (Å²) >= 11 is 12.3. The van der Waals surface area contributed by atoms with E-state index in [0.29, 0.717) is 29.2 Å². The lowest BCUT2D eigenvalue weighted by molar-refractivity contribution is -0.142. The van der Waals surface area contributed by atoms with Crippen molar-refractivity contribution >= 4 is 29.2 Å². The molecule has 0 unspecified atom stereocenters. The minimum atomic E-state index is -0.213. The summed E-state index contributed by atoms with van der Waals surface area (Å²) in [6.45, 7) is 0.920. The number of nitrogens with zero attached hydrogens (tertiary/aromatic N) is 1. The van der Waals surface area contributed by atoms with Gasteiger partial charge in [-0.3, -0.25) is 9.69 Å². The van der Waals surface area contributed by atoms with Crippen LogP contribution >= 0.6 is 23.2 Å². The Morgan fingerprint density at radius 3 is 2.70 bits per heavy atom. The van der Waals surface area contributed by atoms with Crippen molar-refractivity contribution in [1.29, 1.82) is 0 Å². The maximum absolute atomic E-state index is 11.6. The largest absolute Gasteiger partial charge is 0.468 e. The van der Waals surface area contributed by atoms with Crippen LogP contribution in [0.4, 0.5) is 0 Å². The van der Waals surface area contributed by atoms with Crippen LogP contribution in [-0.2, 0) is 16.1 Å². The fourth-order valence-electron chi connectivity index (χ4n) is 2.70. The molecule has 0 heterocycles. The average Bonchev–Trinajstić information content (AvgIpc) is 2.96. The van der Waals surface area contributed by atoms with Gasteiger partial charge in [-0.25, -0.2) is 0 Å². The number of rotatable bonds is 5. The van der Waals surface area contributed by atoms with Crippen LogP contribution in [0.25, 0.3) is 0 Å². The molecule has 1 saturated carbocycles. The van der Waals surface area contributed by atoms with Crippen LogP contribution in [0.3, 0.4) is 0 Å². The van der Waals surface area contributed by atoms with Crippen LogP contribution in [0.15, 0.2) is 18.2 Å². The van der Waals surface area contributed by atoms with Gasteiger partial charge in [-0.2, -0.15) is 0 Å². The quantitative estimate of drug-likeness (QED) is 0.771. The Labute approximate surface area is 129 Å². The Morgan fingerprint density at radius 2 is 2.05 bits per heavy atom. The van der Waals surface area contributed by atoms with Gasteiger partial charge in [0.2, 0.25) is 0 Å². The number of ether oxygens (including phenoxy) is 1. The molecule has 20 heavy (non-hydrogen) atoms. The topological polar surface area (TPSA) is 29.5 Å². The molecule has 5 heteroatoms. The number of hydrogen-bond acceptors (Lipinski definition) is 3.